The number of hydrogen-bond donors (Lipinski definition) is 1. The van der Waals surface area contributed by atoms with Gasteiger partial charge in [0.1, 0.15) is 6.10 Å². The van der Waals surface area contributed by atoms with Crippen molar-refractivity contribution >= 4 is 0 Å². The fraction of sp³-hybridized carbons (Fsp3) is 0.615. The van der Waals surface area contributed by atoms with Crippen LogP contribution in [0.25, 0.3) is 0 Å². The van der Waals surface area contributed by atoms with E-state index in [9.17, 15) is 0 Å². The quantitative estimate of drug-likeness (QED) is 0.825. The summed E-state index contributed by atoms with van der Waals surface area (Å²) in [5.41, 5.74) is 0.294. The molecule has 0 spiro atoms. The Labute approximate surface area is 96.2 Å². The van der Waals surface area contributed by atoms with E-state index in [0.717, 1.165) is 18.7 Å². The molecule has 3 heterocycles. The topological polar surface area (TPSA) is 34.1 Å². The lowest BCUT2D eigenvalue weighted by Gasteiger charge is -2.36. The fourth-order valence-electron chi connectivity index (χ4n) is 3.05. The minimum atomic E-state index is 0.294. The van der Waals surface area contributed by atoms with Crippen molar-refractivity contribution in [3.05, 3.63) is 24.4 Å². The third-order valence-corrected chi connectivity index (χ3v) is 3.75. The van der Waals surface area contributed by atoms with Gasteiger partial charge in [-0.1, -0.05) is 6.07 Å². The van der Waals surface area contributed by atoms with Gasteiger partial charge in [0, 0.05) is 30.3 Å². The summed E-state index contributed by atoms with van der Waals surface area (Å²) in [5, 5.41) is 3.68. The summed E-state index contributed by atoms with van der Waals surface area (Å²) in [6.45, 7) is 2.31. The zero-order valence-electron chi connectivity index (χ0n) is 9.65. The minimum absolute atomic E-state index is 0.294. The van der Waals surface area contributed by atoms with Gasteiger partial charge < -0.3 is 10.1 Å². The largest absolute Gasteiger partial charge is 0.474 e. The van der Waals surface area contributed by atoms with Gasteiger partial charge >= 0.3 is 0 Å². The molecule has 86 valence electrons. The molecule has 1 aromatic heterocycles. The highest BCUT2D eigenvalue weighted by Gasteiger charge is 2.42. The molecule has 3 nitrogen and oxygen atoms in total. The summed E-state index contributed by atoms with van der Waals surface area (Å²) in [5.74, 6) is 0.761. The molecule has 2 fully saturated rings. The van der Waals surface area contributed by atoms with Crippen molar-refractivity contribution in [1.82, 2.24) is 10.3 Å². The maximum atomic E-state index is 5.95. The van der Waals surface area contributed by atoms with Crippen molar-refractivity contribution in [1.29, 1.82) is 0 Å². The summed E-state index contributed by atoms with van der Waals surface area (Å²) in [4.78, 5) is 4.22. The van der Waals surface area contributed by atoms with Crippen molar-refractivity contribution in [3.63, 3.8) is 0 Å². The number of aromatic nitrogens is 1. The van der Waals surface area contributed by atoms with E-state index < -0.39 is 0 Å². The third-order valence-electron chi connectivity index (χ3n) is 3.75. The zero-order chi connectivity index (χ0) is 11.0. The van der Waals surface area contributed by atoms with E-state index in [0.29, 0.717) is 17.7 Å². The molecule has 0 amide bonds. The van der Waals surface area contributed by atoms with Gasteiger partial charge in [0.15, 0.2) is 0 Å². The van der Waals surface area contributed by atoms with Gasteiger partial charge in [0.2, 0.25) is 5.88 Å². The van der Waals surface area contributed by atoms with Crippen molar-refractivity contribution in [2.75, 3.05) is 0 Å². The second-order valence-electron chi connectivity index (χ2n) is 5.29. The molecule has 3 rings (SSSR count). The molecule has 0 radical (unpaired) electrons. The Morgan fingerprint density at radius 2 is 2.44 bits per heavy atom. The number of piperidine rings is 1. The van der Waals surface area contributed by atoms with Gasteiger partial charge in [-0.05, 0) is 32.3 Å². The van der Waals surface area contributed by atoms with Crippen LogP contribution >= 0.6 is 0 Å². The van der Waals surface area contributed by atoms with E-state index in [1.165, 1.54) is 12.8 Å². The zero-order valence-corrected chi connectivity index (χ0v) is 9.65. The van der Waals surface area contributed by atoms with Crippen molar-refractivity contribution in [2.45, 2.75) is 50.3 Å². The summed E-state index contributed by atoms with van der Waals surface area (Å²) in [6.07, 6.45) is 6.89. The average Bonchev–Trinajstić information content (AvgIpc) is 2.54. The molecule has 1 aromatic rings. The van der Waals surface area contributed by atoms with Crippen LogP contribution in [0.2, 0.25) is 0 Å². The number of pyridine rings is 1. The molecule has 3 atom stereocenters. The Morgan fingerprint density at radius 1 is 1.50 bits per heavy atom. The van der Waals surface area contributed by atoms with Crippen LogP contribution in [0.4, 0.5) is 0 Å². The lowest BCUT2D eigenvalue weighted by atomic mass is 9.91. The van der Waals surface area contributed by atoms with Crippen molar-refractivity contribution in [2.24, 2.45) is 0 Å². The number of nitrogens with one attached hydrogen (secondary N) is 1. The molecule has 2 saturated heterocycles. The van der Waals surface area contributed by atoms with Crippen LogP contribution in [0.15, 0.2) is 24.4 Å². The Hall–Kier alpha value is -1.09. The number of ether oxygens (including phenoxy) is 1. The van der Waals surface area contributed by atoms with E-state index >= 15 is 0 Å². The molecule has 2 aliphatic heterocycles. The van der Waals surface area contributed by atoms with Gasteiger partial charge in [-0.2, -0.15) is 0 Å². The maximum Gasteiger partial charge on any atom is 0.213 e. The van der Waals surface area contributed by atoms with Gasteiger partial charge in [-0.25, -0.2) is 4.98 Å². The van der Waals surface area contributed by atoms with Crippen LogP contribution in [0.5, 0.6) is 5.88 Å². The van der Waals surface area contributed by atoms with Crippen LogP contribution in [-0.4, -0.2) is 22.7 Å². The first-order chi connectivity index (χ1) is 7.73. The minimum Gasteiger partial charge on any atom is -0.474 e. The lowest BCUT2D eigenvalue weighted by molar-refractivity contribution is 0.104. The van der Waals surface area contributed by atoms with E-state index in [1.807, 2.05) is 18.2 Å². The summed E-state index contributed by atoms with van der Waals surface area (Å²) < 4.78 is 5.95. The Morgan fingerprint density at radius 3 is 3.19 bits per heavy atom. The van der Waals surface area contributed by atoms with E-state index in [4.69, 9.17) is 4.74 Å². The summed E-state index contributed by atoms with van der Waals surface area (Å²) >= 11 is 0. The molecule has 1 N–H and O–H groups in total. The highest BCUT2D eigenvalue weighted by atomic mass is 16.5. The monoisotopic (exact) mass is 218 g/mol. The van der Waals surface area contributed by atoms with Crippen molar-refractivity contribution < 1.29 is 4.74 Å². The standard InChI is InChI=1S/C13H18N2O/c1-13-6-5-10(15-13)8-11(9-13)16-12-4-2-3-7-14-12/h2-4,7,10-11,15H,5-6,8-9H2,1H3. The van der Waals surface area contributed by atoms with Gasteiger partial charge in [0.05, 0.1) is 0 Å². The molecule has 16 heavy (non-hydrogen) atoms. The van der Waals surface area contributed by atoms with Crippen LogP contribution < -0.4 is 10.1 Å². The third kappa shape index (κ3) is 1.92. The normalized spacial score (nSPS) is 37.3. The summed E-state index contributed by atoms with van der Waals surface area (Å²) in [6, 6.07) is 6.47. The molecular formula is C13H18N2O. The summed E-state index contributed by atoms with van der Waals surface area (Å²) in [7, 11) is 0. The van der Waals surface area contributed by atoms with Crippen LogP contribution in [0.3, 0.4) is 0 Å². The fourth-order valence-corrected chi connectivity index (χ4v) is 3.05. The number of hydrogen-bond acceptors (Lipinski definition) is 3. The number of fused-ring (bicyclic) bond motifs is 2. The first kappa shape index (κ1) is 10.1. The average molecular weight is 218 g/mol. The SMILES string of the molecule is CC12CCC(CC(Oc3ccccn3)C1)N2. The second kappa shape index (κ2) is 3.74. The first-order valence-corrected chi connectivity index (χ1v) is 6.09. The molecule has 0 saturated carbocycles. The van der Waals surface area contributed by atoms with Crippen LogP contribution in [0, 0.1) is 0 Å². The van der Waals surface area contributed by atoms with Gasteiger partial charge in [-0.3, -0.25) is 0 Å². The lowest BCUT2D eigenvalue weighted by Crippen LogP contribution is -2.50. The molecule has 2 aliphatic rings. The molecule has 3 heteroatoms. The Balaban J connectivity index is 1.69. The smallest absolute Gasteiger partial charge is 0.213 e. The molecule has 2 bridgehead atoms. The van der Waals surface area contributed by atoms with Crippen LogP contribution in [0.1, 0.15) is 32.6 Å². The van der Waals surface area contributed by atoms with E-state index in [2.05, 4.69) is 17.2 Å². The highest BCUT2D eigenvalue weighted by Crippen LogP contribution is 2.36. The van der Waals surface area contributed by atoms with Crippen molar-refractivity contribution in [3.8, 4) is 5.88 Å². The molecular weight excluding hydrogens is 200 g/mol. The molecule has 0 aromatic carbocycles. The first-order valence-electron chi connectivity index (χ1n) is 6.09. The Kier molecular flexibility index (Phi) is 2.36. The predicted octanol–water partition coefficient (Wildman–Crippen LogP) is 2.13. The predicted molar refractivity (Wildman–Crippen MR) is 62.4 cm³/mol. The van der Waals surface area contributed by atoms with Crippen LogP contribution in [-0.2, 0) is 0 Å². The maximum absolute atomic E-state index is 5.95. The number of nitrogens with zero attached hydrogens (tertiary/aromatic N) is 1. The molecule has 0 aliphatic carbocycles. The Bertz CT molecular complexity index is 367. The highest BCUT2D eigenvalue weighted by molar-refractivity contribution is 5.11. The van der Waals surface area contributed by atoms with Gasteiger partial charge in [-0.15, -0.1) is 0 Å². The second-order valence-corrected chi connectivity index (χ2v) is 5.29. The van der Waals surface area contributed by atoms with E-state index in [-0.39, 0.29) is 0 Å². The number of rotatable bonds is 2. The van der Waals surface area contributed by atoms with Gasteiger partial charge in [0.25, 0.3) is 0 Å². The molecule has 3 unspecified atom stereocenters. The van der Waals surface area contributed by atoms with E-state index in [1.54, 1.807) is 6.20 Å².